The van der Waals surface area contributed by atoms with Crippen molar-refractivity contribution >= 4 is 22.8 Å². The maximum Gasteiger partial charge on any atom is 0.289 e. The van der Waals surface area contributed by atoms with Gasteiger partial charge in [-0.15, -0.1) is 0 Å². The highest BCUT2D eigenvalue weighted by atomic mass is 16.3. The third-order valence-corrected chi connectivity index (χ3v) is 6.01. The van der Waals surface area contributed by atoms with Gasteiger partial charge in [0.05, 0.1) is 30.0 Å². The van der Waals surface area contributed by atoms with Crippen LogP contribution >= 0.6 is 0 Å². The fourth-order valence-corrected chi connectivity index (χ4v) is 4.17. The number of benzene rings is 1. The van der Waals surface area contributed by atoms with Crippen molar-refractivity contribution in [3.63, 3.8) is 0 Å². The van der Waals surface area contributed by atoms with Crippen LogP contribution in [0.2, 0.25) is 0 Å². The van der Waals surface area contributed by atoms with E-state index >= 15 is 0 Å². The summed E-state index contributed by atoms with van der Waals surface area (Å²) in [6, 6.07) is 13.5. The molecule has 1 aliphatic heterocycles. The zero-order valence-corrected chi connectivity index (χ0v) is 18.7. The summed E-state index contributed by atoms with van der Waals surface area (Å²) in [5.74, 6) is 0.111. The highest BCUT2D eigenvalue weighted by Gasteiger charge is 2.28. The molecule has 4 aromatic rings. The molecule has 0 saturated carbocycles. The molecule has 1 saturated heterocycles. The minimum atomic E-state index is -0.147. The van der Waals surface area contributed by atoms with Gasteiger partial charge in [0.15, 0.2) is 11.4 Å². The Morgan fingerprint density at radius 2 is 1.67 bits per heavy atom. The number of aryl methyl sites for hydroxylation is 2. The van der Waals surface area contributed by atoms with Crippen molar-refractivity contribution in [3.05, 3.63) is 83.1 Å². The maximum atomic E-state index is 13.4. The minimum Gasteiger partial charge on any atom is -0.459 e. The van der Waals surface area contributed by atoms with Crippen LogP contribution in [0, 0.1) is 13.8 Å². The first kappa shape index (κ1) is 20.9. The van der Waals surface area contributed by atoms with E-state index in [0.29, 0.717) is 49.7 Å². The van der Waals surface area contributed by atoms with Gasteiger partial charge in [0, 0.05) is 31.9 Å². The molecule has 0 bridgehead atoms. The summed E-state index contributed by atoms with van der Waals surface area (Å²) in [6.45, 7) is 6.39. The van der Waals surface area contributed by atoms with Crippen LogP contribution in [0.5, 0.6) is 0 Å². The van der Waals surface area contributed by atoms with Gasteiger partial charge in [-0.25, -0.2) is 9.67 Å². The highest BCUT2D eigenvalue weighted by molar-refractivity contribution is 6.05. The van der Waals surface area contributed by atoms with Crippen LogP contribution in [-0.2, 0) is 6.54 Å². The molecule has 1 aliphatic rings. The Labute approximate surface area is 191 Å². The average Bonchev–Trinajstić information content (AvgIpc) is 3.50. The molecule has 1 aromatic carbocycles. The Morgan fingerprint density at radius 3 is 2.33 bits per heavy atom. The summed E-state index contributed by atoms with van der Waals surface area (Å²) in [5, 5.41) is 5.27. The SMILES string of the molecule is Cc1ccc(Cn2ncc3c(C(=O)N4CCN(C(=O)c5ccco5)CC4)cc(C)nc32)cc1. The van der Waals surface area contributed by atoms with Crippen LogP contribution in [0.4, 0.5) is 0 Å². The lowest BCUT2D eigenvalue weighted by Gasteiger charge is -2.34. The molecule has 8 nitrogen and oxygen atoms in total. The number of carbonyl (C=O) groups is 2. The van der Waals surface area contributed by atoms with Crippen molar-refractivity contribution < 1.29 is 14.0 Å². The van der Waals surface area contributed by atoms with E-state index in [1.165, 1.54) is 11.8 Å². The lowest BCUT2D eigenvalue weighted by atomic mass is 10.1. The molecule has 8 heteroatoms. The van der Waals surface area contributed by atoms with E-state index in [2.05, 4.69) is 41.3 Å². The summed E-state index contributed by atoms with van der Waals surface area (Å²) >= 11 is 0. The fourth-order valence-electron chi connectivity index (χ4n) is 4.17. The van der Waals surface area contributed by atoms with Crippen molar-refractivity contribution in [2.75, 3.05) is 26.2 Å². The molecule has 0 aliphatic carbocycles. The number of hydrogen-bond acceptors (Lipinski definition) is 5. The van der Waals surface area contributed by atoms with Crippen molar-refractivity contribution in [2.24, 2.45) is 0 Å². The summed E-state index contributed by atoms with van der Waals surface area (Å²) in [7, 11) is 0. The van der Waals surface area contributed by atoms with Crippen molar-refractivity contribution in [2.45, 2.75) is 20.4 Å². The smallest absolute Gasteiger partial charge is 0.289 e. The summed E-state index contributed by atoms with van der Waals surface area (Å²) in [6.07, 6.45) is 3.21. The molecule has 0 atom stereocenters. The van der Waals surface area contributed by atoms with E-state index in [0.717, 1.165) is 16.6 Å². The molecular formula is C25H25N5O3. The van der Waals surface area contributed by atoms with Crippen molar-refractivity contribution in [1.82, 2.24) is 24.6 Å². The predicted octanol–water partition coefficient (Wildman–Crippen LogP) is 3.29. The van der Waals surface area contributed by atoms with Gasteiger partial charge in [0.25, 0.3) is 11.8 Å². The quantitative estimate of drug-likeness (QED) is 0.483. The molecule has 0 radical (unpaired) electrons. The Balaban J connectivity index is 1.35. The summed E-state index contributed by atoms with van der Waals surface area (Å²) in [5.41, 5.74) is 4.39. The lowest BCUT2D eigenvalue weighted by molar-refractivity contribution is 0.0519. The van der Waals surface area contributed by atoms with E-state index in [1.54, 1.807) is 28.1 Å². The van der Waals surface area contributed by atoms with Crippen LogP contribution in [0.3, 0.4) is 0 Å². The molecule has 0 spiro atoms. The largest absolute Gasteiger partial charge is 0.459 e. The van der Waals surface area contributed by atoms with E-state index in [9.17, 15) is 9.59 Å². The van der Waals surface area contributed by atoms with Crippen LogP contribution in [0.15, 0.2) is 59.3 Å². The predicted molar refractivity (Wildman–Crippen MR) is 123 cm³/mol. The molecule has 2 amide bonds. The van der Waals surface area contributed by atoms with Gasteiger partial charge in [-0.05, 0) is 37.6 Å². The zero-order chi connectivity index (χ0) is 22.9. The van der Waals surface area contributed by atoms with Gasteiger partial charge < -0.3 is 14.2 Å². The van der Waals surface area contributed by atoms with Gasteiger partial charge >= 0.3 is 0 Å². The topological polar surface area (TPSA) is 84.5 Å². The van der Waals surface area contributed by atoms with E-state index in [1.807, 2.05) is 17.7 Å². The van der Waals surface area contributed by atoms with Gasteiger partial charge in [-0.2, -0.15) is 5.10 Å². The Bertz CT molecular complexity index is 1300. The molecule has 0 unspecified atom stereocenters. The average molecular weight is 444 g/mol. The third kappa shape index (κ3) is 4.11. The number of nitrogens with zero attached hydrogens (tertiary/aromatic N) is 5. The molecule has 5 rings (SSSR count). The minimum absolute atomic E-state index is 0.0644. The first-order valence-electron chi connectivity index (χ1n) is 11.0. The molecular weight excluding hydrogens is 418 g/mol. The normalized spacial score (nSPS) is 14.1. The number of furan rings is 1. The second-order valence-electron chi connectivity index (χ2n) is 8.40. The molecule has 4 heterocycles. The van der Waals surface area contributed by atoms with Crippen molar-refractivity contribution in [3.8, 4) is 0 Å². The number of piperazine rings is 1. The number of pyridine rings is 1. The van der Waals surface area contributed by atoms with Crippen LogP contribution < -0.4 is 0 Å². The monoisotopic (exact) mass is 443 g/mol. The first-order valence-corrected chi connectivity index (χ1v) is 11.0. The van der Waals surface area contributed by atoms with Gasteiger partial charge in [0.1, 0.15) is 0 Å². The number of hydrogen-bond donors (Lipinski definition) is 0. The van der Waals surface area contributed by atoms with Gasteiger partial charge in [-0.3, -0.25) is 9.59 Å². The third-order valence-electron chi connectivity index (χ3n) is 6.01. The Kier molecular flexibility index (Phi) is 5.42. The zero-order valence-electron chi connectivity index (χ0n) is 18.7. The maximum absolute atomic E-state index is 13.4. The standard InChI is InChI=1S/C25H25N5O3/c1-17-5-7-19(8-6-17)16-30-23-21(15-26-30)20(14-18(2)27-23)24(31)28-9-11-29(12-10-28)25(32)22-4-3-13-33-22/h3-8,13-15H,9-12,16H2,1-2H3. The molecule has 3 aromatic heterocycles. The first-order chi connectivity index (χ1) is 16.0. The van der Waals surface area contributed by atoms with Gasteiger partial charge in [0.2, 0.25) is 0 Å². The van der Waals surface area contributed by atoms with E-state index in [4.69, 9.17) is 4.42 Å². The van der Waals surface area contributed by atoms with Gasteiger partial charge in [-0.1, -0.05) is 29.8 Å². The van der Waals surface area contributed by atoms with E-state index in [-0.39, 0.29) is 11.8 Å². The molecule has 0 N–H and O–H groups in total. The number of carbonyl (C=O) groups excluding carboxylic acids is 2. The van der Waals surface area contributed by atoms with Crippen LogP contribution in [0.25, 0.3) is 11.0 Å². The summed E-state index contributed by atoms with van der Waals surface area (Å²) in [4.78, 5) is 34.1. The molecule has 33 heavy (non-hydrogen) atoms. The van der Waals surface area contributed by atoms with Crippen LogP contribution in [-0.4, -0.2) is 62.6 Å². The Hall–Kier alpha value is -3.94. The van der Waals surface area contributed by atoms with Crippen LogP contribution in [0.1, 0.15) is 37.7 Å². The molecule has 168 valence electrons. The Morgan fingerprint density at radius 1 is 0.970 bits per heavy atom. The summed E-state index contributed by atoms with van der Waals surface area (Å²) < 4.78 is 7.05. The highest BCUT2D eigenvalue weighted by Crippen LogP contribution is 2.22. The number of amides is 2. The lowest BCUT2D eigenvalue weighted by Crippen LogP contribution is -2.50. The second kappa shape index (κ2) is 8.54. The van der Waals surface area contributed by atoms with Crippen molar-refractivity contribution in [1.29, 1.82) is 0 Å². The number of rotatable bonds is 4. The number of aromatic nitrogens is 3. The molecule has 1 fully saturated rings. The fraction of sp³-hybridized carbons (Fsp3) is 0.280. The van der Waals surface area contributed by atoms with E-state index < -0.39 is 0 Å². The number of fused-ring (bicyclic) bond motifs is 1. The second-order valence-corrected chi connectivity index (χ2v) is 8.40.